The van der Waals surface area contributed by atoms with E-state index in [0.717, 1.165) is 6.20 Å². The lowest BCUT2D eigenvalue weighted by Crippen LogP contribution is -2.03. The number of aromatic nitrogens is 1. The number of halogens is 3. The molecular weight excluding hydrogens is 291 g/mol. The van der Waals surface area contributed by atoms with E-state index in [9.17, 15) is 18.0 Å². The van der Waals surface area contributed by atoms with Gasteiger partial charge in [0.2, 0.25) is 5.78 Å². The summed E-state index contributed by atoms with van der Waals surface area (Å²) >= 11 is 0.336. The summed E-state index contributed by atoms with van der Waals surface area (Å²) in [4.78, 5) is 15.3. The van der Waals surface area contributed by atoms with Gasteiger partial charge in [0.15, 0.2) is 5.01 Å². The zero-order valence-electron chi connectivity index (χ0n) is 10.4. The van der Waals surface area contributed by atoms with Crippen molar-refractivity contribution in [1.29, 1.82) is 0 Å². The molecule has 1 aromatic heterocycles. The van der Waals surface area contributed by atoms with Crippen LogP contribution in [0.4, 0.5) is 13.2 Å². The molecule has 0 fully saturated rings. The van der Waals surface area contributed by atoms with Crippen LogP contribution >= 0.6 is 11.3 Å². The van der Waals surface area contributed by atoms with E-state index < -0.39 is 17.0 Å². The molecule has 0 spiro atoms. The Balaban J connectivity index is 2.27. The molecule has 1 aromatic carbocycles. The molecule has 3 nitrogen and oxygen atoms in total. The maximum Gasteiger partial charge on any atom is 0.443 e. The molecule has 2 rings (SSSR count). The van der Waals surface area contributed by atoms with E-state index in [2.05, 4.69) is 4.98 Å². The highest BCUT2D eigenvalue weighted by atomic mass is 32.1. The number of ether oxygens (including phenoxy) is 1. The number of rotatable bonds is 4. The molecule has 0 aliphatic heterocycles. The predicted molar refractivity (Wildman–Crippen MR) is 68.2 cm³/mol. The Morgan fingerprint density at radius 2 is 2.15 bits per heavy atom. The van der Waals surface area contributed by atoms with Crippen LogP contribution in [0.2, 0.25) is 0 Å². The van der Waals surface area contributed by atoms with Crippen LogP contribution in [0.25, 0.3) is 0 Å². The molecule has 0 saturated heterocycles. The maximum absolute atomic E-state index is 12.4. The van der Waals surface area contributed by atoms with E-state index in [1.165, 1.54) is 12.1 Å². The van der Waals surface area contributed by atoms with Crippen LogP contribution in [0.3, 0.4) is 0 Å². The van der Waals surface area contributed by atoms with Crippen molar-refractivity contribution in [3.8, 4) is 5.75 Å². The number of benzene rings is 1. The first-order valence-electron chi connectivity index (χ1n) is 5.72. The minimum Gasteiger partial charge on any atom is -0.494 e. The molecule has 0 atom stereocenters. The number of hydrogen-bond acceptors (Lipinski definition) is 4. The fourth-order valence-corrected chi connectivity index (χ4v) is 2.29. The van der Waals surface area contributed by atoms with Gasteiger partial charge in [-0.2, -0.15) is 13.2 Å². The van der Waals surface area contributed by atoms with Crippen molar-refractivity contribution in [1.82, 2.24) is 4.98 Å². The predicted octanol–water partition coefficient (Wildman–Crippen LogP) is 3.79. The number of hydrogen-bond donors (Lipinski definition) is 0. The van der Waals surface area contributed by atoms with Crippen LogP contribution in [0.1, 0.15) is 27.2 Å². The maximum atomic E-state index is 12.4. The van der Waals surface area contributed by atoms with E-state index in [-0.39, 0.29) is 10.4 Å². The van der Waals surface area contributed by atoms with Crippen molar-refractivity contribution >= 4 is 17.1 Å². The standard InChI is InChI=1S/C13H10F3NO2S/c1-2-19-9-5-3-4-8(6-9)11(18)10-7-17-12(20-10)13(14,15)16/h3-7H,2H2,1H3. The monoisotopic (exact) mass is 301 g/mol. The van der Waals surface area contributed by atoms with Crippen molar-refractivity contribution in [3.05, 3.63) is 45.9 Å². The topological polar surface area (TPSA) is 39.2 Å². The van der Waals surface area contributed by atoms with E-state index in [1.54, 1.807) is 19.1 Å². The minimum absolute atomic E-state index is 0.0500. The van der Waals surface area contributed by atoms with Crippen molar-refractivity contribution in [3.63, 3.8) is 0 Å². The normalized spacial score (nSPS) is 11.4. The number of carbonyl (C=O) groups is 1. The van der Waals surface area contributed by atoms with Crippen molar-refractivity contribution in [2.24, 2.45) is 0 Å². The van der Waals surface area contributed by atoms with Crippen molar-refractivity contribution < 1.29 is 22.7 Å². The van der Waals surface area contributed by atoms with Crippen LogP contribution in [0, 0.1) is 0 Å². The zero-order valence-corrected chi connectivity index (χ0v) is 11.2. The molecule has 0 radical (unpaired) electrons. The molecule has 0 saturated carbocycles. The first kappa shape index (κ1) is 14.5. The first-order chi connectivity index (χ1) is 9.41. The molecule has 106 valence electrons. The van der Waals surface area contributed by atoms with Gasteiger partial charge in [0, 0.05) is 11.8 Å². The van der Waals surface area contributed by atoms with E-state index in [1.807, 2.05) is 0 Å². The van der Waals surface area contributed by atoms with Crippen LogP contribution in [0.15, 0.2) is 30.5 Å². The SMILES string of the molecule is CCOc1cccc(C(=O)c2cnc(C(F)(F)F)s2)c1. The summed E-state index contributed by atoms with van der Waals surface area (Å²) in [6, 6.07) is 6.31. The number of thiazole rings is 1. The zero-order chi connectivity index (χ0) is 14.8. The Labute approximate surface area is 117 Å². The minimum atomic E-state index is -4.53. The lowest BCUT2D eigenvalue weighted by molar-refractivity contribution is -0.137. The molecular formula is C13H10F3NO2S. The van der Waals surface area contributed by atoms with Crippen LogP contribution in [-0.4, -0.2) is 17.4 Å². The largest absolute Gasteiger partial charge is 0.494 e. The van der Waals surface area contributed by atoms with Gasteiger partial charge >= 0.3 is 6.18 Å². The summed E-state index contributed by atoms with van der Waals surface area (Å²) in [5, 5.41) is -1.03. The summed E-state index contributed by atoms with van der Waals surface area (Å²) in [5.74, 6) is -0.00142. The molecule has 0 N–H and O–H groups in total. The third-order valence-corrected chi connectivity index (χ3v) is 3.42. The lowest BCUT2D eigenvalue weighted by atomic mass is 10.1. The smallest absolute Gasteiger partial charge is 0.443 e. The Bertz CT molecular complexity index is 622. The average molecular weight is 301 g/mol. The second kappa shape index (κ2) is 5.62. The molecule has 2 aromatic rings. The fourth-order valence-electron chi connectivity index (χ4n) is 1.55. The quantitative estimate of drug-likeness (QED) is 0.807. The van der Waals surface area contributed by atoms with Gasteiger partial charge in [-0.25, -0.2) is 4.98 Å². The van der Waals surface area contributed by atoms with E-state index in [4.69, 9.17) is 4.74 Å². The number of nitrogens with zero attached hydrogens (tertiary/aromatic N) is 1. The van der Waals surface area contributed by atoms with Crippen LogP contribution in [0.5, 0.6) is 5.75 Å². The van der Waals surface area contributed by atoms with Gasteiger partial charge in [0.25, 0.3) is 0 Å². The first-order valence-corrected chi connectivity index (χ1v) is 6.54. The Morgan fingerprint density at radius 1 is 1.40 bits per heavy atom. The van der Waals surface area contributed by atoms with Gasteiger partial charge in [-0.15, -0.1) is 11.3 Å². The third kappa shape index (κ3) is 3.16. The molecule has 1 heterocycles. The number of ketones is 1. The summed E-state index contributed by atoms with van der Waals surface area (Å²) < 4.78 is 42.6. The highest BCUT2D eigenvalue weighted by Crippen LogP contribution is 2.33. The van der Waals surface area contributed by atoms with Gasteiger partial charge in [0.1, 0.15) is 5.75 Å². The molecule has 0 bridgehead atoms. The summed E-state index contributed by atoms with van der Waals surface area (Å²) in [5.41, 5.74) is 0.272. The average Bonchev–Trinajstić information content (AvgIpc) is 2.88. The second-order valence-electron chi connectivity index (χ2n) is 3.82. The molecule has 0 aliphatic carbocycles. The molecule has 0 amide bonds. The number of carbonyl (C=O) groups excluding carboxylic acids is 1. The van der Waals surface area contributed by atoms with Crippen LogP contribution < -0.4 is 4.74 Å². The van der Waals surface area contributed by atoms with Gasteiger partial charge in [-0.3, -0.25) is 4.79 Å². The fraction of sp³-hybridized carbons (Fsp3) is 0.231. The lowest BCUT2D eigenvalue weighted by Gasteiger charge is -2.04. The van der Waals surface area contributed by atoms with E-state index in [0.29, 0.717) is 23.7 Å². The third-order valence-electron chi connectivity index (χ3n) is 2.38. The van der Waals surface area contributed by atoms with Crippen LogP contribution in [-0.2, 0) is 6.18 Å². The molecule has 7 heteroatoms. The summed E-state index contributed by atoms with van der Waals surface area (Å²) in [6.07, 6.45) is -3.58. The van der Waals surface area contributed by atoms with Gasteiger partial charge in [0.05, 0.1) is 11.5 Å². The molecule has 0 aliphatic rings. The summed E-state index contributed by atoms with van der Waals surface area (Å²) in [6.45, 7) is 2.24. The Hall–Kier alpha value is -1.89. The highest BCUT2D eigenvalue weighted by Gasteiger charge is 2.35. The van der Waals surface area contributed by atoms with Crippen molar-refractivity contribution in [2.75, 3.05) is 6.61 Å². The van der Waals surface area contributed by atoms with Gasteiger partial charge < -0.3 is 4.74 Å². The molecule has 20 heavy (non-hydrogen) atoms. The summed E-state index contributed by atoms with van der Waals surface area (Å²) in [7, 11) is 0. The number of alkyl halides is 3. The Morgan fingerprint density at radius 3 is 2.75 bits per heavy atom. The van der Waals surface area contributed by atoms with Crippen molar-refractivity contribution in [2.45, 2.75) is 13.1 Å². The van der Waals surface area contributed by atoms with Gasteiger partial charge in [-0.05, 0) is 19.1 Å². The second-order valence-corrected chi connectivity index (χ2v) is 4.85. The highest BCUT2D eigenvalue weighted by molar-refractivity contribution is 7.13. The Kier molecular flexibility index (Phi) is 4.08. The van der Waals surface area contributed by atoms with E-state index >= 15 is 0 Å². The molecule has 0 unspecified atom stereocenters. The van der Waals surface area contributed by atoms with Gasteiger partial charge in [-0.1, -0.05) is 12.1 Å².